The van der Waals surface area contributed by atoms with Crippen LogP contribution < -0.4 is 5.32 Å². The van der Waals surface area contributed by atoms with Crippen molar-refractivity contribution in [1.29, 1.82) is 0 Å². The van der Waals surface area contributed by atoms with Gasteiger partial charge in [-0.3, -0.25) is 14.6 Å². The zero-order chi connectivity index (χ0) is 19.3. The number of aromatic nitrogens is 3. The van der Waals surface area contributed by atoms with Gasteiger partial charge in [0.05, 0.1) is 0 Å². The molecule has 8 heteroatoms. The maximum atomic E-state index is 12.7. The normalized spacial score (nSPS) is 19.9. The molecule has 8 nitrogen and oxygen atoms in total. The Hall–Kier alpha value is -2.77. The standard InChI is InChI=1S/C20H25N5O3/c26-17(22-15-6-1-2-7-15)9-10-18(27)25-12-4-8-16(25)20-23-19(24-28-20)14-5-3-11-21-13-14/h3,5,11,13,15-16H,1-2,4,6-10,12H2,(H,22,26)/t16-/m0/s1. The van der Waals surface area contributed by atoms with E-state index in [2.05, 4.69) is 20.4 Å². The lowest BCUT2D eigenvalue weighted by Crippen LogP contribution is -2.35. The van der Waals surface area contributed by atoms with Crippen molar-refractivity contribution in [1.82, 2.24) is 25.3 Å². The minimum Gasteiger partial charge on any atom is -0.353 e. The highest BCUT2D eigenvalue weighted by atomic mass is 16.5. The van der Waals surface area contributed by atoms with E-state index >= 15 is 0 Å². The second-order valence-corrected chi connectivity index (χ2v) is 7.49. The van der Waals surface area contributed by atoms with Crippen LogP contribution in [0.3, 0.4) is 0 Å². The van der Waals surface area contributed by atoms with E-state index in [1.54, 1.807) is 17.3 Å². The highest BCUT2D eigenvalue weighted by Gasteiger charge is 2.34. The van der Waals surface area contributed by atoms with E-state index in [-0.39, 0.29) is 36.7 Å². The number of nitrogens with zero attached hydrogens (tertiary/aromatic N) is 4. The predicted molar refractivity (Wildman–Crippen MR) is 101 cm³/mol. The number of amides is 2. The fourth-order valence-corrected chi connectivity index (χ4v) is 4.04. The van der Waals surface area contributed by atoms with E-state index < -0.39 is 0 Å². The van der Waals surface area contributed by atoms with E-state index in [9.17, 15) is 9.59 Å². The first-order valence-electron chi connectivity index (χ1n) is 10.0. The average Bonchev–Trinajstić information content (AvgIpc) is 3.47. The van der Waals surface area contributed by atoms with Crippen molar-refractivity contribution in [2.45, 2.75) is 63.5 Å². The number of carbonyl (C=O) groups excluding carboxylic acids is 2. The molecular weight excluding hydrogens is 358 g/mol. The molecule has 2 aromatic heterocycles. The minimum absolute atomic E-state index is 0.0346. The van der Waals surface area contributed by atoms with E-state index in [4.69, 9.17) is 4.52 Å². The van der Waals surface area contributed by atoms with E-state index in [0.717, 1.165) is 31.2 Å². The topological polar surface area (TPSA) is 101 Å². The summed E-state index contributed by atoms with van der Waals surface area (Å²) in [6.45, 7) is 0.651. The number of likely N-dealkylation sites (tertiary alicyclic amines) is 1. The number of rotatable bonds is 6. The molecule has 148 valence electrons. The summed E-state index contributed by atoms with van der Waals surface area (Å²) >= 11 is 0. The van der Waals surface area contributed by atoms with Crippen molar-refractivity contribution in [2.75, 3.05) is 6.54 Å². The highest BCUT2D eigenvalue weighted by Crippen LogP contribution is 2.32. The molecule has 1 saturated carbocycles. The zero-order valence-electron chi connectivity index (χ0n) is 15.8. The average molecular weight is 383 g/mol. The molecule has 0 spiro atoms. The third-order valence-electron chi connectivity index (χ3n) is 5.51. The van der Waals surface area contributed by atoms with Crippen molar-refractivity contribution >= 4 is 11.8 Å². The van der Waals surface area contributed by atoms with Crippen LogP contribution in [0.1, 0.15) is 63.3 Å². The largest absolute Gasteiger partial charge is 0.353 e. The van der Waals surface area contributed by atoms with Crippen LogP contribution in [0, 0.1) is 0 Å². The van der Waals surface area contributed by atoms with Gasteiger partial charge in [-0.2, -0.15) is 4.98 Å². The molecule has 1 N–H and O–H groups in total. The molecule has 28 heavy (non-hydrogen) atoms. The van der Waals surface area contributed by atoms with Crippen LogP contribution in [0.4, 0.5) is 0 Å². The van der Waals surface area contributed by atoms with Gasteiger partial charge in [0, 0.05) is 43.4 Å². The van der Waals surface area contributed by atoms with Gasteiger partial charge in [-0.1, -0.05) is 18.0 Å². The molecule has 1 atom stereocenters. The maximum Gasteiger partial charge on any atom is 0.249 e. The molecule has 0 bridgehead atoms. The van der Waals surface area contributed by atoms with E-state index in [1.807, 2.05) is 12.1 Å². The van der Waals surface area contributed by atoms with Gasteiger partial charge in [0.1, 0.15) is 6.04 Å². The Labute approximate surface area is 163 Å². The predicted octanol–water partition coefficient (Wildman–Crippen LogP) is 2.63. The molecule has 2 fully saturated rings. The van der Waals surface area contributed by atoms with Crippen LogP contribution in [0.25, 0.3) is 11.4 Å². The number of nitrogens with one attached hydrogen (secondary N) is 1. The van der Waals surface area contributed by atoms with Gasteiger partial charge >= 0.3 is 0 Å². The number of carbonyl (C=O) groups is 2. The second kappa shape index (κ2) is 8.50. The fourth-order valence-electron chi connectivity index (χ4n) is 4.04. The van der Waals surface area contributed by atoms with Crippen LogP contribution in [0.2, 0.25) is 0 Å². The molecule has 1 aliphatic carbocycles. The lowest BCUT2D eigenvalue weighted by molar-refractivity contribution is -0.134. The Morgan fingerprint density at radius 1 is 1.18 bits per heavy atom. The van der Waals surface area contributed by atoms with Crippen LogP contribution >= 0.6 is 0 Å². The summed E-state index contributed by atoms with van der Waals surface area (Å²) in [5, 5.41) is 7.06. The third-order valence-corrected chi connectivity index (χ3v) is 5.51. The first kappa shape index (κ1) is 18.6. The lowest BCUT2D eigenvalue weighted by Gasteiger charge is -2.22. The Morgan fingerprint density at radius 2 is 2.04 bits per heavy atom. The molecule has 0 aromatic carbocycles. The molecule has 3 heterocycles. The van der Waals surface area contributed by atoms with Crippen LogP contribution in [-0.4, -0.2) is 44.4 Å². The van der Waals surface area contributed by atoms with Crippen molar-refractivity contribution in [2.24, 2.45) is 0 Å². The van der Waals surface area contributed by atoms with E-state index in [1.165, 1.54) is 12.8 Å². The quantitative estimate of drug-likeness (QED) is 0.823. The van der Waals surface area contributed by atoms with Crippen molar-refractivity contribution in [3.8, 4) is 11.4 Å². The monoisotopic (exact) mass is 383 g/mol. The van der Waals surface area contributed by atoms with Gasteiger partial charge in [0.25, 0.3) is 0 Å². The number of pyridine rings is 1. The number of hydrogen-bond donors (Lipinski definition) is 1. The second-order valence-electron chi connectivity index (χ2n) is 7.49. The van der Waals surface area contributed by atoms with Crippen molar-refractivity contribution < 1.29 is 14.1 Å². The molecule has 1 saturated heterocycles. The highest BCUT2D eigenvalue weighted by molar-refractivity contribution is 5.84. The van der Waals surface area contributed by atoms with Gasteiger partial charge in [0.2, 0.25) is 23.5 Å². The van der Waals surface area contributed by atoms with Crippen LogP contribution in [0.5, 0.6) is 0 Å². The van der Waals surface area contributed by atoms with Crippen molar-refractivity contribution in [3.63, 3.8) is 0 Å². The van der Waals surface area contributed by atoms with Crippen LogP contribution in [-0.2, 0) is 9.59 Å². The van der Waals surface area contributed by atoms with E-state index in [0.29, 0.717) is 18.3 Å². The summed E-state index contributed by atoms with van der Waals surface area (Å²) in [5.41, 5.74) is 0.775. The maximum absolute atomic E-state index is 12.7. The van der Waals surface area contributed by atoms with Gasteiger partial charge in [-0.05, 0) is 37.8 Å². The Morgan fingerprint density at radius 3 is 2.82 bits per heavy atom. The molecule has 2 aliphatic rings. The molecular formula is C20H25N5O3. The Bertz CT molecular complexity index is 816. The molecule has 1 aliphatic heterocycles. The summed E-state index contributed by atoms with van der Waals surface area (Å²) in [7, 11) is 0. The fraction of sp³-hybridized carbons (Fsp3) is 0.550. The first-order valence-corrected chi connectivity index (χ1v) is 10.0. The van der Waals surface area contributed by atoms with Crippen molar-refractivity contribution in [3.05, 3.63) is 30.4 Å². The summed E-state index contributed by atoms with van der Waals surface area (Å²) in [5.74, 6) is 0.844. The molecule has 2 aromatic rings. The Kier molecular flexibility index (Phi) is 5.64. The van der Waals surface area contributed by atoms with Crippen LogP contribution in [0.15, 0.2) is 29.0 Å². The smallest absolute Gasteiger partial charge is 0.249 e. The Balaban J connectivity index is 1.34. The zero-order valence-corrected chi connectivity index (χ0v) is 15.8. The summed E-state index contributed by atoms with van der Waals surface area (Å²) in [6, 6.07) is 3.74. The third kappa shape index (κ3) is 4.21. The van der Waals surface area contributed by atoms with Gasteiger partial charge in [-0.15, -0.1) is 0 Å². The SMILES string of the molecule is O=C(CCC(=O)N1CCC[C@H]1c1nc(-c2cccnc2)no1)NC1CCCC1. The summed E-state index contributed by atoms with van der Waals surface area (Å²) < 4.78 is 5.44. The number of hydrogen-bond acceptors (Lipinski definition) is 6. The van der Waals surface area contributed by atoms with Gasteiger partial charge < -0.3 is 14.7 Å². The minimum atomic E-state index is -0.219. The lowest BCUT2D eigenvalue weighted by atomic mass is 10.2. The molecule has 4 rings (SSSR count). The summed E-state index contributed by atoms with van der Waals surface area (Å²) in [6.07, 6.45) is 9.90. The van der Waals surface area contributed by atoms with Gasteiger partial charge in [0.15, 0.2) is 0 Å². The molecule has 0 unspecified atom stereocenters. The summed E-state index contributed by atoms with van der Waals surface area (Å²) in [4.78, 5) is 35.1. The van der Waals surface area contributed by atoms with Gasteiger partial charge in [-0.25, -0.2) is 0 Å². The molecule has 2 amide bonds. The first-order chi connectivity index (χ1) is 13.7. The molecule has 0 radical (unpaired) electrons.